The van der Waals surface area contributed by atoms with Crippen LogP contribution in [0.2, 0.25) is 0 Å². The van der Waals surface area contributed by atoms with E-state index in [1.54, 1.807) is 38.5 Å². The van der Waals surface area contributed by atoms with Gasteiger partial charge in [0.1, 0.15) is 11.5 Å². The Morgan fingerprint density at radius 1 is 0.926 bits per heavy atom. The second-order valence-electron chi connectivity index (χ2n) is 6.74. The van der Waals surface area contributed by atoms with Crippen LogP contribution in [0, 0.1) is 13.8 Å². The van der Waals surface area contributed by atoms with Crippen molar-refractivity contribution in [3.63, 3.8) is 0 Å². The van der Waals surface area contributed by atoms with Crippen LogP contribution in [0.1, 0.15) is 44.7 Å². The standard InChI is InChI=1S/C21H24N2O4/c1-12-5-6-14(20(24)22-16-7-8-16)9-17(12)23-21(25)15-10-18(26-3)13(2)19(11-15)27-4/h5-6,9-11,16H,7-8H2,1-4H3,(H,22,24)(H,23,25). The van der Waals surface area contributed by atoms with Crippen molar-refractivity contribution in [1.29, 1.82) is 0 Å². The molecule has 1 aliphatic carbocycles. The Labute approximate surface area is 158 Å². The molecule has 0 saturated heterocycles. The molecule has 0 heterocycles. The maximum atomic E-state index is 12.8. The van der Waals surface area contributed by atoms with Gasteiger partial charge in [0.25, 0.3) is 11.8 Å². The molecule has 3 rings (SSSR count). The Hall–Kier alpha value is -3.02. The van der Waals surface area contributed by atoms with Crippen molar-refractivity contribution in [3.05, 3.63) is 52.6 Å². The Morgan fingerprint density at radius 2 is 1.56 bits per heavy atom. The van der Waals surface area contributed by atoms with Gasteiger partial charge in [-0.1, -0.05) is 6.07 Å². The average molecular weight is 368 g/mol. The fourth-order valence-electron chi connectivity index (χ4n) is 2.81. The lowest BCUT2D eigenvalue weighted by atomic mass is 10.1. The van der Waals surface area contributed by atoms with Crippen LogP contribution in [-0.4, -0.2) is 32.1 Å². The number of ether oxygens (including phenoxy) is 2. The van der Waals surface area contributed by atoms with Crippen LogP contribution in [0.25, 0.3) is 0 Å². The van der Waals surface area contributed by atoms with Gasteiger partial charge < -0.3 is 20.1 Å². The van der Waals surface area contributed by atoms with Crippen molar-refractivity contribution in [2.24, 2.45) is 0 Å². The fraction of sp³-hybridized carbons (Fsp3) is 0.333. The molecule has 6 heteroatoms. The molecule has 142 valence electrons. The molecule has 1 saturated carbocycles. The van der Waals surface area contributed by atoms with Gasteiger partial charge >= 0.3 is 0 Å². The van der Waals surface area contributed by atoms with Crippen molar-refractivity contribution < 1.29 is 19.1 Å². The third kappa shape index (κ3) is 4.22. The van der Waals surface area contributed by atoms with E-state index in [-0.39, 0.29) is 17.9 Å². The number of hydrogen-bond donors (Lipinski definition) is 2. The van der Waals surface area contributed by atoms with Gasteiger partial charge in [-0.15, -0.1) is 0 Å². The van der Waals surface area contributed by atoms with E-state index in [1.807, 2.05) is 19.9 Å². The molecule has 0 bridgehead atoms. The SMILES string of the molecule is COc1cc(C(=O)Nc2cc(C(=O)NC3CC3)ccc2C)cc(OC)c1C. The van der Waals surface area contributed by atoms with Crippen LogP contribution >= 0.6 is 0 Å². The van der Waals surface area contributed by atoms with Gasteiger partial charge in [0, 0.05) is 28.4 Å². The first kappa shape index (κ1) is 18.8. The van der Waals surface area contributed by atoms with Crippen LogP contribution in [0.15, 0.2) is 30.3 Å². The lowest BCUT2D eigenvalue weighted by Gasteiger charge is -2.14. The molecule has 0 radical (unpaired) electrons. The van der Waals surface area contributed by atoms with Crippen LogP contribution < -0.4 is 20.1 Å². The highest BCUT2D eigenvalue weighted by Crippen LogP contribution is 2.30. The quantitative estimate of drug-likeness (QED) is 0.819. The highest BCUT2D eigenvalue weighted by Gasteiger charge is 2.24. The summed E-state index contributed by atoms with van der Waals surface area (Å²) >= 11 is 0. The largest absolute Gasteiger partial charge is 0.496 e. The molecule has 0 unspecified atom stereocenters. The topological polar surface area (TPSA) is 76.7 Å². The van der Waals surface area contributed by atoms with E-state index < -0.39 is 0 Å². The summed E-state index contributed by atoms with van der Waals surface area (Å²) in [5.74, 6) is 0.740. The summed E-state index contributed by atoms with van der Waals surface area (Å²) in [6.07, 6.45) is 2.05. The van der Waals surface area contributed by atoms with Gasteiger partial charge in [-0.25, -0.2) is 0 Å². The van der Waals surface area contributed by atoms with Crippen molar-refractivity contribution >= 4 is 17.5 Å². The van der Waals surface area contributed by atoms with E-state index in [9.17, 15) is 9.59 Å². The molecule has 2 aromatic rings. The van der Waals surface area contributed by atoms with Crippen molar-refractivity contribution in [3.8, 4) is 11.5 Å². The summed E-state index contributed by atoms with van der Waals surface area (Å²) in [6.45, 7) is 3.75. The number of hydrogen-bond acceptors (Lipinski definition) is 4. The van der Waals surface area contributed by atoms with Gasteiger partial charge in [0.05, 0.1) is 14.2 Å². The predicted octanol–water partition coefficient (Wildman–Crippen LogP) is 3.47. The van der Waals surface area contributed by atoms with E-state index in [0.29, 0.717) is 28.3 Å². The highest BCUT2D eigenvalue weighted by atomic mass is 16.5. The zero-order valence-corrected chi connectivity index (χ0v) is 16.0. The molecule has 0 spiro atoms. The number of anilines is 1. The molecule has 1 fully saturated rings. The van der Waals surface area contributed by atoms with Gasteiger partial charge in [-0.3, -0.25) is 9.59 Å². The Kier molecular flexibility index (Phi) is 5.35. The molecule has 0 aliphatic heterocycles. The minimum atomic E-state index is -0.297. The molecular formula is C21H24N2O4. The van der Waals surface area contributed by atoms with Crippen LogP contribution in [0.3, 0.4) is 0 Å². The van der Waals surface area contributed by atoms with E-state index >= 15 is 0 Å². The molecule has 6 nitrogen and oxygen atoms in total. The summed E-state index contributed by atoms with van der Waals surface area (Å²) in [7, 11) is 3.10. The fourth-order valence-corrected chi connectivity index (χ4v) is 2.81. The second kappa shape index (κ2) is 7.70. The predicted molar refractivity (Wildman–Crippen MR) is 104 cm³/mol. The average Bonchev–Trinajstić information content (AvgIpc) is 3.47. The minimum Gasteiger partial charge on any atom is -0.496 e. The number of methoxy groups -OCH3 is 2. The number of carbonyl (C=O) groups excluding carboxylic acids is 2. The van der Waals surface area contributed by atoms with Gasteiger partial charge in [0.2, 0.25) is 0 Å². The third-order valence-corrected chi connectivity index (χ3v) is 4.67. The van der Waals surface area contributed by atoms with Crippen molar-refractivity contribution in [2.75, 3.05) is 19.5 Å². The Morgan fingerprint density at radius 3 is 2.11 bits per heavy atom. The third-order valence-electron chi connectivity index (χ3n) is 4.67. The number of benzene rings is 2. The summed E-state index contributed by atoms with van der Waals surface area (Å²) in [5.41, 5.74) is 3.24. The molecule has 1 aliphatic rings. The molecule has 0 atom stereocenters. The van der Waals surface area contributed by atoms with Gasteiger partial charge in [-0.05, 0) is 56.5 Å². The molecule has 0 aromatic heterocycles. The monoisotopic (exact) mass is 368 g/mol. The minimum absolute atomic E-state index is 0.119. The van der Waals surface area contributed by atoms with Crippen LogP contribution in [0.4, 0.5) is 5.69 Å². The number of carbonyl (C=O) groups is 2. The van der Waals surface area contributed by atoms with Gasteiger partial charge in [-0.2, -0.15) is 0 Å². The summed E-state index contributed by atoms with van der Waals surface area (Å²) in [6, 6.07) is 8.92. The van der Waals surface area contributed by atoms with E-state index in [4.69, 9.17) is 9.47 Å². The van der Waals surface area contributed by atoms with Crippen molar-refractivity contribution in [2.45, 2.75) is 32.7 Å². The number of nitrogens with one attached hydrogen (secondary N) is 2. The van der Waals surface area contributed by atoms with Crippen molar-refractivity contribution in [1.82, 2.24) is 5.32 Å². The number of amides is 2. The van der Waals surface area contributed by atoms with Gasteiger partial charge in [0.15, 0.2) is 0 Å². The van der Waals surface area contributed by atoms with E-state index in [0.717, 1.165) is 24.0 Å². The first-order valence-electron chi connectivity index (χ1n) is 8.88. The summed E-state index contributed by atoms with van der Waals surface area (Å²) in [5, 5.41) is 5.84. The second-order valence-corrected chi connectivity index (χ2v) is 6.74. The highest BCUT2D eigenvalue weighted by molar-refractivity contribution is 6.06. The zero-order valence-electron chi connectivity index (χ0n) is 16.0. The molecule has 2 amide bonds. The molecular weight excluding hydrogens is 344 g/mol. The lowest BCUT2D eigenvalue weighted by Crippen LogP contribution is -2.25. The summed E-state index contributed by atoms with van der Waals surface area (Å²) in [4.78, 5) is 25.0. The normalized spacial score (nSPS) is 13.0. The number of rotatable bonds is 6. The maximum absolute atomic E-state index is 12.8. The smallest absolute Gasteiger partial charge is 0.255 e. The first-order valence-corrected chi connectivity index (χ1v) is 8.88. The summed E-state index contributed by atoms with van der Waals surface area (Å²) < 4.78 is 10.7. The van der Waals surface area contributed by atoms with Crippen LogP contribution in [0.5, 0.6) is 11.5 Å². The molecule has 27 heavy (non-hydrogen) atoms. The first-order chi connectivity index (χ1) is 12.9. The number of aryl methyl sites for hydroxylation is 1. The Bertz CT molecular complexity index is 863. The van der Waals surface area contributed by atoms with E-state index in [2.05, 4.69) is 10.6 Å². The Balaban J connectivity index is 1.84. The lowest BCUT2D eigenvalue weighted by molar-refractivity contribution is 0.0949. The molecule has 2 aromatic carbocycles. The zero-order chi connectivity index (χ0) is 19.6. The van der Waals surface area contributed by atoms with E-state index in [1.165, 1.54) is 0 Å². The molecule has 2 N–H and O–H groups in total. The maximum Gasteiger partial charge on any atom is 0.255 e. The van der Waals surface area contributed by atoms with Crippen LogP contribution in [-0.2, 0) is 0 Å².